The molecule has 3 heteroatoms. The highest BCUT2D eigenvalue weighted by atomic mass is 16.2. The van der Waals surface area contributed by atoms with Gasteiger partial charge in [0.25, 0.3) is 5.91 Å². The van der Waals surface area contributed by atoms with Crippen molar-refractivity contribution in [2.45, 2.75) is 19.9 Å². The van der Waals surface area contributed by atoms with Gasteiger partial charge in [-0.2, -0.15) is 0 Å². The molecule has 0 bridgehead atoms. The minimum Gasteiger partial charge on any atom is -0.337 e. The van der Waals surface area contributed by atoms with E-state index >= 15 is 0 Å². The Morgan fingerprint density at radius 1 is 1.00 bits per heavy atom. The smallest absolute Gasteiger partial charge is 0.253 e. The van der Waals surface area contributed by atoms with Crippen molar-refractivity contribution in [2.75, 3.05) is 13.6 Å². The number of nitrogens with zero attached hydrogens (tertiary/aromatic N) is 1. The molecule has 0 saturated carbocycles. The Labute approximate surface area is 126 Å². The molecule has 1 amide bonds. The first kappa shape index (κ1) is 15.3. The standard InChI is InChI=1S/C18H22N2O/c1-14-3-5-16(6-4-14)13-20(2)18(21)17-9-7-15(8-10-17)11-12-19/h3-10H,11-13,19H2,1-2H3. The zero-order valence-electron chi connectivity index (χ0n) is 12.7. The third kappa shape index (κ3) is 4.17. The zero-order valence-corrected chi connectivity index (χ0v) is 12.7. The highest BCUT2D eigenvalue weighted by Crippen LogP contribution is 2.11. The van der Waals surface area contributed by atoms with Crippen LogP contribution in [0.1, 0.15) is 27.0 Å². The first-order chi connectivity index (χ1) is 10.1. The van der Waals surface area contributed by atoms with E-state index in [9.17, 15) is 4.79 Å². The molecule has 0 aliphatic heterocycles. The van der Waals surface area contributed by atoms with Crippen LogP contribution in [0.25, 0.3) is 0 Å². The van der Waals surface area contributed by atoms with Crippen LogP contribution >= 0.6 is 0 Å². The minimum atomic E-state index is 0.0369. The van der Waals surface area contributed by atoms with Crippen LogP contribution in [0.3, 0.4) is 0 Å². The molecule has 0 radical (unpaired) electrons. The average Bonchev–Trinajstić information content (AvgIpc) is 2.50. The maximum absolute atomic E-state index is 12.4. The Morgan fingerprint density at radius 3 is 2.14 bits per heavy atom. The molecule has 2 aromatic rings. The molecule has 0 spiro atoms. The summed E-state index contributed by atoms with van der Waals surface area (Å²) in [7, 11) is 1.83. The molecule has 2 N–H and O–H groups in total. The summed E-state index contributed by atoms with van der Waals surface area (Å²) >= 11 is 0. The number of aryl methyl sites for hydroxylation is 1. The van der Waals surface area contributed by atoms with Crippen molar-refractivity contribution < 1.29 is 4.79 Å². The van der Waals surface area contributed by atoms with Crippen molar-refractivity contribution in [1.29, 1.82) is 0 Å². The van der Waals surface area contributed by atoms with E-state index in [1.807, 2.05) is 31.3 Å². The number of hydrogen-bond donors (Lipinski definition) is 1. The van der Waals surface area contributed by atoms with Gasteiger partial charge in [-0.3, -0.25) is 4.79 Å². The van der Waals surface area contributed by atoms with Gasteiger partial charge in [-0.15, -0.1) is 0 Å². The Kier molecular flexibility index (Phi) is 5.12. The number of rotatable bonds is 5. The van der Waals surface area contributed by atoms with Gasteiger partial charge in [0.15, 0.2) is 0 Å². The van der Waals surface area contributed by atoms with Gasteiger partial charge in [-0.25, -0.2) is 0 Å². The fourth-order valence-electron chi connectivity index (χ4n) is 2.24. The minimum absolute atomic E-state index is 0.0369. The second-order valence-electron chi connectivity index (χ2n) is 5.38. The largest absolute Gasteiger partial charge is 0.337 e. The molecule has 0 aliphatic carbocycles. The predicted molar refractivity (Wildman–Crippen MR) is 86.2 cm³/mol. The lowest BCUT2D eigenvalue weighted by Crippen LogP contribution is -2.26. The van der Waals surface area contributed by atoms with E-state index < -0.39 is 0 Å². The summed E-state index contributed by atoms with van der Waals surface area (Å²) in [6.45, 7) is 3.30. The molecule has 0 saturated heterocycles. The lowest BCUT2D eigenvalue weighted by Gasteiger charge is -2.17. The van der Waals surface area contributed by atoms with Gasteiger partial charge in [0.05, 0.1) is 0 Å². The summed E-state index contributed by atoms with van der Waals surface area (Å²) in [5.41, 5.74) is 9.76. The van der Waals surface area contributed by atoms with Gasteiger partial charge in [0, 0.05) is 19.2 Å². The third-order valence-electron chi connectivity index (χ3n) is 3.52. The second-order valence-corrected chi connectivity index (χ2v) is 5.38. The lowest BCUT2D eigenvalue weighted by molar-refractivity contribution is 0.0785. The molecule has 0 unspecified atom stereocenters. The number of benzene rings is 2. The van der Waals surface area contributed by atoms with E-state index in [1.165, 1.54) is 5.56 Å². The Morgan fingerprint density at radius 2 is 1.57 bits per heavy atom. The van der Waals surface area contributed by atoms with Crippen molar-refractivity contribution in [2.24, 2.45) is 5.73 Å². The molecular weight excluding hydrogens is 260 g/mol. The van der Waals surface area contributed by atoms with Crippen LogP contribution in [-0.4, -0.2) is 24.4 Å². The van der Waals surface area contributed by atoms with E-state index in [0.717, 1.165) is 17.5 Å². The van der Waals surface area contributed by atoms with Gasteiger partial charge in [0.1, 0.15) is 0 Å². The number of nitrogens with two attached hydrogens (primary N) is 1. The molecule has 2 aromatic carbocycles. The third-order valence-corrected chi connectivity index (χ3v) is 3.52. The van der Waals surface area contributed by atoms with Crippen LogP contribution in [0, 0.1) is 6.92 Å². The average molecular weight is 282 g/mol. The molecule has 3 nitrogen and oxygen atoms in total. The van der Waals surface area contributed by atoms with Crippen LogP contribution in [0.5, 0.6) is 0 Å². The molecule has 0 aromatic heterocycles. The van der Waals surface area contributed by atoms with E-state index in [2.05, 4.69) is 31.2 Å². The van der Waals surface area contributed by atoms with Crippen LogP contribution < -0.4 is 5.73 Å². The fraction of sp³-hybridized carbons (Fsp3) is 0.278. The van der Waals surface area contributed by atoms with Crippen molar-refractivity contribution in [1.82, 2.24) is 4.90 Å². The van der Waals surface area contributed by atoms with Crippen molar-refractivity contribution in [3.63, 3.8) is 0 Å². The van der Waals surface area contributed by atoms with Crippen molar-refractivity contribution >= 4 is 5.91 Å². The number of hydrogen-bond acceptors (Lipinski definition) is 2. The first-order valence-corrected chi connectivity index (χ1v) is 7.20. The Hall–Kier alpha value is -2.13. The molecule has 0 heterocycles. The number of carbonyl (C=O) groups excluding carboxylic acids is 1. The number of amides is 1. The monoisotopic (exact) mass is 282 g/mol. The van der Waals surface area contributed by atoms with Crippen molar-refractivity contribution in [3.8, 4) is 0 Å². The second kappa shape index (κ2) is 7.04. The molecular formula is C18H22N2O. The van der Waals surface area contributed by atoms with Crippen LogP contribution in [0.2, 0.25) is 0 Å². The summed E-state index contributed by atoms with van der Waals surface area (Å²) < 4.78 is 0. The molecule has 0 aliphatic rings. The van der Waals surface area contributed by atoms with Gasteiger partial charge in [0.2, 0.25) is 0 Å². The van der Waals surface area contributed by atoms with E-state index in [0.29, 0.717) is 18.7 Å². The quantitative estimate of drug-likeness (QED) is 0.916. The van der Waals surface area contributed by atoms with Crippen LogP contribution in [-0.2, 0) is 13.0 Å². The van der Waals surface area contributed by atoms with E-state index in [1.54, 1.807) is 4.90 Å². The summed E-state index contributed by atoms with van der Waals surface area (Å²) in [5.74, 6) is 0.0369. The highest BCUT2D eigenvalue weighted by Gasteiger charge is 2.11. The Bertz CT molecular complexity index is 588. The van der Waals surface area contributed by atoms with Gasteiger partial charge < -0.3 is 10.6 Å². The molecule has 110 valence electrons. The van der Waals surface area contributed by atoms with Crippen molar-refractivity contribution in [3.05, 3.63) is 70.8 Å². The lowest BCUT2D eigenvalue weighted by atomic mass is 10.1. The van der Waals surface area contributed by atoms with Gasteiger partial charge in [-0.1, -0.05) is 42.0 Å². The predicted octanol–water partition coefficient (Wildman–Crippen LogP) is 2.77. The molecule has 0 fully saturated rings. The highest BCUT2D eigenvalue weighted by molar-refractivity contribution is 5.94. The summed E-state index contributed by atoms with van der Waals surface area (Å²) in [4.78, 5) is 14.1. The van der Waals surface area contributed by atoms with E-state index in [4.69, 9.17) is 5.73 Å². The molecule has 0 atom stereocenters. The van der Waals surface area contributed by atoms with Gasteiger partial charge >= 0.3 is 0 Å². The van der Waals surface area contributed by atoms with Crippen LogP contribution in [0.4, 0.5) is 0 Å². The summed E-state index contributed by atoms with van der Waals surface area (Å²) in [6, 6.07) is 15.9. The normalized spacial score (nSPS) is 10.4. The SMILES string of the molecule is Cc1ccc(CN(C)C(=O)c2ccc(CCN)cc2)cc1. The van der Waals surface area contributed by atoms with E-state index in [-0.39, 0.29) is 5.91 Å². The topological polar surface area (TPSA) is 46.3 Å². The fourth-order valence-corrected chi connectivity index (χ4v) is 2.24. The summed E-state index contributed by atoms with van der Waals surface area (Å²) in [6.07, 6.45) is 0.841. The number of carbonyl (C=O) groups is 1. The molecule has 2 rings (SSSR count). The maximum atomic E-state index is 12.4. The Balaban J connectivity index is 2.02. The zero-order chi connectivity index (χ0) is 15.2. The van der Waals surface area contributed by atoms with Gasteiger partial charge in [-0.05, 0) is 43.1 Å². The molecule has 21 heavy (non-hydrogen) atoms. The first-order valence-electron chi connectivity index (χ1n) is 7.20. The van der Waals surface area contributed by atoms with Crippen LogP contribution in [0.15, 0.2) is 48.5 Å². The summed E-state index contributed by atoms with van der Waals surface area (Å²) in [5, 5.41) is 0. The maximum Gasteiger partial charge on any atom is 0.253 e.